The fraction of sp³-hybridized carbons (Fsp3) is 0.846. The summed E-state index contributed by atoms with van der Waals surface area (Å²) in [5.74, 6) is -1.09. The molecule has 0 radical (unpaired) electrons. The van der Waals surface area contributed by atoms with Gasteiger partial charge in [0, 0.05) is 19.5 Å². The Kier molecular flexibility index (Phi) is 3.61. The Morgan fingerprint density at radius 2 is 2.06 bits per heavy atom. The molecule has 102 valence electrons. The smallest absolute Gasteiger partial charge is 0.308 e. The van der Waals surface area contributed by atoms with E-state index in [-0.39, 0.29) is 17.2 Å². The molecule has 1 saturated heterocycles. The van der Waals surface area contributed by atoms with Crippen LogP contribution in [0.3, 0.4) is 0 Å². The lowest BCUT2D eigenvalue weighted by Crippen LogP contribution is -2.43. The Bertz CT molecular complexity index is 347. The summed E-state index contributed by atoms with van der Waals surface area (Å²) in [5, 5.41) is 9.06. The van der Waals surface area contributed by atoms with Crippen molar-refractivity contribution in [3.8, 4) is 0 Å². The second kappa shape index (κ2) is 4.88. The van der Waals surface area contributed by atoms with E-state index in [0.717, 1.165) is 19.3 Å². The van der Waals surface area contributed by atoms with Crippen LogP contribution in [0.25, 0.3) is 0 Å². The van der Waals surface area contributed by atoms with Gasteiger partial charge in [-0.15, -0.1) is 0 Å². The molecule has 2 fully saturated rings. The highest BCUT2D eigenvalue weighted by atomic mass is 16.4. The van der Waals surface area contributed by atoms with Gasteiger partial charge in [-0.3, -0.25) is 9.59 Å². The summed E-state index contributed by atoms with van der Waals surface area (Å²) in [6.07, 6.45) is 3.70. The van der Waals surface area contributed by atoms with E-state index in [0.29, 0.717) is 26.1 Å². The first-order valence-corrected chi connectivity index (χ1v) is 6.68. The number of nitrogens with two attached hydrogens (primary N) is 1. The molecule has 2 rings (SSSR count). The molecule has 1 heterocycles. The van der Waals surface area contributed by atoms with Crippen LogP contribution in [0.2, 0.25) is 0 Å². The number of carboxylic acids is 1. The van der Waals surface area contributed by atoms with Gasteiger partial charge in [-0.05, 0) is 30.7 Å². The predicted octanol–water partition coefficient (Wildman–Crippen LogP) is 0.685. The quantitative estimate of drug-likeness (QED) is 0.773. The molecule has 1 aliphatic heterocycles. The van der Waals surface area contributed by atoms with Gasteiger partial charge < -0.3 is 15.7 Å². The molecule has 18 heavy (non-hydrogen) atoms. The minimum atomic E-state index is -0.796. The molecule has 3 N–H and O–H groups in total. The molecule has 0 bridgehead atoms. The normalized spacial score (nSPS) is 30.0. The van der Waals surface area contributed by atoms with E-state index < -0.39 is 11.9 Å². The number of amides is 1. The van der Waals surface area contributed by atoms with Crippen molar-refractivity contribution in [1.29, 1.82) is 0 Å². The van der Waals surface area contributed by atoms with Gasteiger partial charge in [0.05, 0.1) is 5.92 Å². The largest absolute Gasteiger partial charge is 0.481 e. The lowest BCUT2D eigenvalue weighted by molar-refractivity contribution is -0.142. The summed E-state index contributed by atoms with van der Waals surface area (Å²) in [7, 11) is 0. The van der Waals surface area contributed by atoms with Crippen LogP contribution in [0, 0.1) is 17.3 Å². The molecule has 1 aliphatic carbocycles. The zero-order valence-corrected chi connectivity index (χ0v) is 10.9. The minimum absolute atomic E-state index is 0.00162. The van der Waals surface area contributed by atoms with Gasteiger partial charge in [-0.1, -0.05) is 13.3 Å². The van der Waals surface area contributed by atoms with Gasteiger partial charge >= 0.3 is 5.97 Å². The fourth-order valence-corrected chi connectivity index (χ4v) is 3.05. The molecule has 2 aliphatic rings. The van der Waals surface area contributed by atoms with Crippen molar-refractivity contribution in [2.45, 2.75) is 32.6 Å². The first kappa shape index (κ1) is 13.3. The first-order chi connectivity index (χ1) is 8.47. The van der Waals surface area contributed by atoms with Crippen molar-refractivity contribution < 1.29 is 14.7 Å². The van der Waals surface area contributed by atoms with E-state index in [9.17, 15) is 9.59 Å². The number of carboxylic acid groups (broad SMARTS) is 1. The number of nitrogens with zero attached hydrogens (tertiary/aromatic N) is 1. The lowest BCUT2D eigenvalue weighted by atomic mass is 9.66. The monoisotopic (exact) mass is 254 g/mol. The Labute approximate surface area is 107 Å². The van der Waals surface area contributed by atoms with Crippen LogP contribution < -0.4 is 5.73 Å². The first-order valence-electron chi connectivity index (χ1n) is 6.68. The van der Waals surface area contributed by atoms with Gasteiger partial charge in [-0.2, -0.15) is 0 Å². The number of hydrogen-bond donors (Lipinski definition) is 2. The summed E-state index contributed by atoms with van der Waals surface area (Å²) in [6, 6.07) is 0. The third kappa shape index (κ3) is 2.36. The van der Waals surface area contributed by atoms with Crippen LogP contribution in [0.4, 0.5) is 0 Å². The molecule has 0 aromatic rings. The minimum Gasteiger partial charge on any atom is -0.481 e. The molecular weight excluding hydrogens is 232 g/mol. The van der Waals surface area contributed by atoms with Crippen LogP contribution in [0.5, 0.6) is 0 Å². The van der Waals surface area contributed by atoms with Crippen LogP contribution in [-0.4, -0.2) is 41.5 Å². The fourth-order valence-electron chi connectivity index (χ4n) is 3.05. The Hall–Kier alpha value is -1.10. The molecule has 5 nitrogen and oxygen atoms in total. The summed E-state index contributed by atoms with van der Waals surface area (Å²) in [4.78, 5) is 24.9. The highest BCUT2D eigenvalue weighted by Crippen LogP contribution is 2.43. The Morgan fingerprint density at radius 1 is 1.39 bits per heavy atom. The lowest BCUT2D eigenvalue weighted by Gasteiger charge is -2.41. The van der Waals surface area contributed by atoms with Crippen LogP contribution in [0.15, 0.2) is 0 Å². The van der Waals surface area contributed by atoms with Crippen LogP contribution >= 0.6 is 0 Å². The average Bonchev–Trinajstić information content (AvgIpc) is 2.65. The molecule has 2 unspecified atom stereocenters. The second-order valence-electron chi connectivity index (χ2n) is 5.96. The van der Waals surface area contributed by atoms with Crippen molar-refractivity contribution in [3.05, 3.63) is 0 Å². The molecule has 1 amide bonds. The van der Waals surface area contributed by atoms with E-state index in [1.165, 1.54) is 0 Å². The van der Waals surface area contributed by atoms with Gasteiger partial charge in [0.2, 0.25) is 5.91 Å². The van der Waals surface area contributed by atoms with E-state index >= 15 is 0 Å². The summed E-state index contributed by atoms with van der Waals surface area (Å²) < 4.78 is 0. The van der Waals surface area contributed by atoms with Crippen LogP contribution in [-0.2, 0) is 9.59 Å². The zero-order chi connectivity index (χ0) is 13.3. The van der Waals surface area contributed by atoms with Crippen molar-refractivity contribution in [2.24, 2.45) is 23.0 Å². The molecule has 0 aromatic carbocycles. The second-order valence-corrected chi connectivity index (χ2v) is 5.96. The van der Waals surface area contributed by atoms with Crippen LogP contribution in [0.1, 0.15) is 32.6 Å². The predicted molar refractivity (Wildman–Crippen MR) is 66.8 cm³/mol. The summed E-state index contributed by atoms with van der Waals surface area (Å²) in [6.45, 7) is 3.38. The molecule has 2 atom stereocenters. The maximum absolute atomic E-state index is 12.2. The third-order valence-electron chi connectivity index (χ3n) is 4.66. The van der Waals surface area contributed by atoms with E-state index in [4.69, 9.17) is 10.8 Å². The van der Waals surface area contributed by atoms with E-state index in [1.54, 1.807) is 4.90 Å². The third-order valence-corrected chi connectivity index (χ3v) is 4.66. The summed E-state index contributed by atoms with van der Waals surface area (Å²) in [5.41, 5.74) is 5.76. The van der Waals surface area contributed by atoms with Crippen molar-refractivity contribution in [3.63, 3.8) is 0 Å². The number of aliphatic carboxylic acids is 1. The van der Waals surface area contributed by atoms with Crippen molar-refractivity contribution >= 4 is 11.9 Å². The van der Waals surface area contributed by atoms with Crippen molar-refractivity contribution in [1.82, 2.24) is 4.90 Å². The Morgan fingerprint density at radius 3 is 2.44 bits per heavy atom. The molecule has 1 saturated carbocycles. The maximum atomic E-state index is 12.2. The number of carbonyl (C=O) groups is 2. The number of rotatable bonds is 4. The van der Waals surface area contributed by atoms with E-state index in [2.05, 4.69) is 0 Å². The average molecular weight is 254 g/mol. The number of carbonyl (C=O) groups excluding carboxylic acids is 1. The zero-order valence-electron chi connectivity index (χ0n) is 10.9. The van der Waals surface area contributed by atoms with Crippen molar-refractivity contribution in [2.75, 3.05) is 19.6 Å². The molecular formula is C13H22N2O3. The maximum Gasteiger partial charge on any atom is 0.308 e. The van der Waals surface area contributed by atoms with E-state index in [1.807, 2.05) is 6.92 Å². The van der Waals surface area contributed by atoms with Gasteiger partial charge in [0.1, 0.15) is 0 Å². The number of likely N-dealkylation sites (tertiary alicyclic amines) is 1. The van der Waals surface area contributed by atoms with Gasteiger partial charge in [-0.25, -0.2) is 0 Å². The van der Waals surface area contributed by atoms with Gasteiger partial charge in [0.25, 0.3) is 0 Å². The molecule has 0 spiro atoms. The van der Waals surface area contributed by atoms with Gasteiger partial charge in [0.15, 0.2) is 0 Å². The SMILES string of the molecule is CC1CN(C(=O)CC2(CN)CCC2)CC1C(=O)O. The standard InChI is InChI=1S/C13H22N2O3/c1-9-6-15(7-10(9)12(17)18)11(16)5-13(8-14)3-2-4-13/h9-10H,2-8,14H2,1H3,(H,17,18). The molecule has 5 heteroatoms. The molecule has 0 aromatic heterocycles. The topological polar surface area (TPSA) is 83.6 Å². The highest BCUT2D eigenvalue weighted by molar-refractivity contribution is 5.79. The highest BCUT2D eigenvalue weighted by Gasteiger charge is 2.42. The Balaban J connectivity index is 1.93. The number of hydrogen-bond acceptors (Lipinski definition) is 3. The summed E-state index contributed by atoms with van der Waals surface area (Å²) >= 11 is 0.